The molecule has 0 amide bonds. The van der Waals surface area contributed by atoms with Crippen molar-refractivity contribution < 1.29 is 13.2 Å². The Morgan fingerprint density at radius 3 is 2.25 bits per heavy atom. The Morgan fingerprint density at radius 1 is 0.964 bits per heavy atom. The van der Waals surface area contributed by atoms with E-state index in [0.29, 0.717) is 17.8 Å². The van der Waals surface area contributed by atoms with Crippen molar-refractivity contribution in [1.82, 2.24) is 0 Å². The standard InChI is InChI=1S/C24H38O3S/c1-24(2,3)28(25,26)18-21-15-12-19(13-16-21)11-14-20-7-6-10-23(17-20)27-22-8-4-5-9-22/h6-7,10,17,19,21-22H,4-5,8-9,11-16,18H2,1-3H3. The van der Waals surface area contributed by atoms with Crippen molar-refractivity contribution in [2.75, 3.05) is 5.75 Å². The van der Waals surface area contributed by atoms with Crippen LogP contribution in [0.4, 0.5) is 0 Å². The lowest BCUT2D eigenvalue weighted by Crippen LogP contribution is -2.34. The average Bonchev–Trinajstić information content (AvgIpc) is 3.13. The molecule has 0 heterocycles. The van der Waals surface area contributed by atoms with E-state index in [-0.39, 0.29) is 0 Å². The van der Waals surface area contributed by atoms with Gasteiger partial charge in [-0.25, -0.2) is 8.42 Å². The Bertz CT molecular complexity index is 718. The van der Waals surface area contributed by atoms with Gasteiger partial charge in [-0.3, -0.25) is 0 Å². The molecule has 0 bridgehead atoms. The summed E-state index contributed by atoms with van der Waals surface area (Å²) in [6.07, 6.45) is 12.1. The van der Waals surface area contributed by atoms with E-state index in [2.05, 4.69) is 24.3 Å². The van der Waals surface area contributed by atoms with Gasteiger partial charge >= 0.3 is 0 Å². The fraction of sp³-hybridized carbons (Fsp3) is 0.750. The Labute approximate surface area is 172 Å². The number of aryl methyl sites for hydroxylation is 1. The Morgan fingerprint density at radius 2 is 1.61 bits per heavy atom. The van der Waals surface area contributed by atoms with E-state index < -0.39 is 14.6 Å². The minimum absolute atomic E-state index is 0.351. The number of hydrogen-bond donors (Lipinski definition) is 0. The first-order valence-electron chi connectivity index (χ1n) is 11.2. The molecule has 3 nitrogen and oxygen atoms in total. The molecule has 2 aliphatic carbocycles. The first-order chi connectivity index (χ1) is 13.2. The van der Waals surface area contributed by atoms with E-state index in [4.69, 9.17) is 4.74 Å². The minimum Gasteiger partial charge on any atom is -0.490 e. The van der Waals surface area contributed by atoms with Crippen LogP contribution in [-0.4, -0.2) is 25.0 Å². The van der Waals surface area contributed by atoms with Gasteiger partial charge in [-0.05, 0) is 102 Å². The third-order valence-electron chi connectivity index (χ3n) is 6.70. The van der Waals surface area contributed by atoms with Gasteiger partial charge in [-0.2, -0.15) is 0 Å². The summed E-state index contributed by atoms with van der Waals surface area (Å²) in [7, 11) is -3.00. The second-order valence-electron chi connectivity index (χ2n) is 9.99. The summed E-state index contributed by atoms with van der Waals surface area (Å²) < 4.78 is 30.4. The Hall–Kier alpha value is -1.03. The maximum atomic E-state index is 12.5. The smallest absolute Gasteiger partial charge is 0.155 e. The maximum absolute atomic E-state index is 12.5. The summed E-state index contributed by atoms with van der Waals surface area (Å²) in [4.78, 5) is 0. The summed E-state index contributed by atoms with van der Waals surface area (Å²) in [5.74, 6) is 2.47. The predicted octanol–water partition coefficient (Wildman–Crippen LogP) is 5.96. The average molecular weight is 407 g/mol. The molecule has 3 rings (SSSR count). The molecule has 0 unspecified atom stereocenters. The van der Waals surface area contributed by atoms with Crippen LogP contribution in [0.5, 0.6) is 5.75 Å². The number of sulfone groups is 1. The van der Waals surface area contributed by atoms with Crippen molar-refractivity contribution in [3.63, 3.8) is 0 Å². The van der Waals surface area contributed by atoms with Crippen molar-refractivity contribution in [1.29, 1.82) is 0 Å². The van der Waals surface area contributed by atoms with Gasteiger partial charge in [0.25, 0.3) is 0 Å². The second kappa shape index (κ2) is 9.19. The molecule has 0 saturated heterocycles. The van der Waals surface area contributed by atoms with Crippen LogP contribution in [0.25, 0.3) is 0 Å². The van der Waals surface area contributed by atoms with Crippen LogP contribution in [0, 0.1) is 11.8 Å². The van der Waals surface area contributed by atoms with E-state index in [1.165, 1.54) is 50.5 Å². The zero-order valence-corrected chi connectivity index (χ0v) is 18.8. The molecule has 1 aromatic rings. The van der Waals surface area contributed by atoms with Crippen LogP contribution >= 0.6 is 0 Å². The highest BCUT2D eigenvalue weighted by Gasteiger charge is 2.33. The lowest BCUT2D eigenvalue weighted by atomic mass is 9.80. The van der Waals surface area contributed by atoms with Gasteiger partial charge in [0, 0.05) is 0 Å². The molecule has 4 heteroatoms. The van der Waals surface area contributed by atoms with Crippen molar-refractivity contribution in [3.8, 4) is 5.75 Å². The first-order valence-corrected chi connectivity index (χ1v) is 12.9. The van der Waals surface area contributed by atoms with E-state index >= 15 is 0 Å². The van der Waals surface area contributed by atoms with Crippen LogP contribution in [0.15, 0.2) is 24.3 Å². The van der Waals surface area contributed by atoms with Crippen molar-refractivity contribution >= 4 is 9.84 Å². The highest BCUT2D eigenvalue weighted by molar-refractivity contribution is 7.92. The fourth-order valence-corrected chi connectivity index (χ4v) is 6.04. The number of benzene rings is 1. The molecule has 0 aliphatic heterocycles. The molecule has 0 aromatic heterocycles. The van der Waals surface area contributed by atoms with E-state index in [9.17, 15) is 8.42 Å². The zero-order valence-electron chi connectivity index (χ0n) is 18.0. The third kappa shape index (κ3) is 5.98. The number of rotatable bonds is 7. The normalized spacial score (nSPS) is 24.4. The van der Waals surface area contributed by atoms with Gasteiger partial charge in [0.2, 0.25) is 0 Å². The summed E-state index contributed by atoms with van der Waals surface area (Å²) >= 11 is 0. The van der Waals surface area contributed by atoms with Gasteiger partial charge in [-0.15, -0.1) is 0 Å². The summed E-state index contributed by atoms with van der Waals surface area (Å²) in [5.41, 5.74) is 1.37. The Kier molecular flexibility index (Phi) is 7.12. The van der Waals surface area contributed by atoms with Crippen molar-refractivity contribution in [3.05, 3.63) is 29.8 Å². The minimum atomic E-state index is -3.00. The molecule has 1 aromatic carbocycles. The summed E-state index contributed by atoms with van der Waals surface area (Å²) in [6, 6.07) is 8.64. The largest absolute Gasteiger partial charge is 0.490 e. The summed E-state index contributed by atoms with van der Waals surface area (Å²) in [6.45, 7) is 5.45. The van der Waals surface area contributed by atoms with Crippen molar-refractivity contribution in [2.45, 2.75) is 95.8 Å². The highest BCUT2D eigenvalue weighted by Crippen LogP contribution is 2.34. The van der Waals surface area contributed by atoms with Crippen LogP contribution in [0.3, 0.4) is 0 Å². The zero-order chi connectivity index (χ0) is 20.2. The first kappa shape index (κ1) is 21.7. The molecular weight excluding hydrogens is 368 g/mol. The number of hydrogen-bond acceptors (Lipinski definition) is 3. The molecular formula is C24H38O3S. The van der Waals surface area contributed by atoms with Crippen LogP contribution in [0.1, 0.15) is 84.1 Å². The molecule has 28 heavy (non-hydrogen) atoms. The predicted molar refractivity (Wildman–Crippen MR) is 117 cm³/mol. The van der Waals surface area contributed by atoms with Gasteiger partial charge in [0.1, 0.15) is 5.75 Å². The highest BCUT2D eigenvalue weighted by atomic mass is 32.2. The maximum Gasteiger partial charge on any atom is 0.155 e. The van der Waals surface area contributed by atoms with Crippen LogP contribution in [-0.2, 0) is 16.3 Å². The molecule has 158 valence electrons. The lowest BCUT2D eigenvalue weighted by Gasteiger charge is -2.30. The van der Waals surface area contributed by atoms with Gasteiger partial charge < -0.3 is 4.74 Å². The molecule has 2 fully saturated rings. The third-order valence-corrected chi connectivity index (χ3v) is 9.48. The monoisotopic (exact) mass is 406 g/mol. The van der Waals surface area contributed by atoms with E-state index in [1.54, 1.807) is 0 Å². The molecule has 0 N–H and O–H groups in total. The molecule has 0 radical (unpaired) electrons. The van der Waals surface area contributed by atoms with Crippen LogP contribution < -0.4 is 4.74 Å². The lowest BCUT2D eigenvalue weighted by molar-refractivity contribution is 0.210. The quantitative estimate of drug-likeness (QED) is 0.561. The molecule has 0 spiro atoms. The van der Waals surface area contributed by atoms with Gasteiger partial charge in [0.15, 0.2) is 9.84 Å². The molecule has 2 aliphatic rings. The van der Waals surface area contributed by atoms with Gasteiger partial charge in [0.05, 0.1) is 16.6 Å². The molecule has 0 atom stereocenters. The van der Waals surface area contributed by atoms with Crippen molar-refractivity contribution in [2.24, 2.45) is 11.8 Å². The molecule has 2 saturated carbocycles. The Balaban J connectivity index is 1.43. The van der Waals surface area contributed by atoms with Gasteiger partial charge in [-0.1, -0.05) is 25.0 Å². The van der Waals surface area contributed by atoms with E-state index in [1.807, 2.05) is 20.8 Å². The van der Waals surface area contributed by atoms with E-state index in [0.717, 1.165) is 30.9 Å². The second-order valence-corrected chi connectivity index (χ2v) is 12.8. The number of ether oxygens (including phenoxy) is 1. The SMILES string of the molecule is CC(C)(C)S(=O)(=O)CC1CCC(CCc2cccc(OC3CCCC3)c2)CC1. The summed E-state index contributed by atoms with van der Waals surface area (Å²) in [5, 5.41) is 0. The van der Waals surface area contributed by atoms with Crippen LogP contribution in [0.2, 0.25) is 0 Å². The topological polar surface area (TPSA) is 43.4 Å². The fourth-order valence-electron chi connectivity index (χ4n) is 4.59.